The van der Waals surface area contributed by atoms with Crippen molar-refractivity contribution in [3.05, 3.63) is 47.8 Å². The molecular formula is C15H17N3O. The molecule has 0 spiro atoms. The minimum atomic E-state index is 0.0512. The lowest BCUT2D eigenvalue weighted by Gasteiger charge is -2.12. The van der Waals surface area contributed by atoms with Crippen molar-refractivity contribution in [2.75, 3.05) is 13.1 Å². The van der Waals surface area contributed by atoms with Gasteiger partial charge in [0.05, 0.1) is 5.69 Å². The van der Waals surface area contributed by atoms with Crippen LogP contribution in [0.5, 0.6) is 0 Å². The second-order valence-electron chi connectivity index (χ2n) is 4.92. The topological polar surface area (TPSA) is 38.1 Å². The summed E-state index contributed by atoms with van der Waals surface area (Å²) in [5, 5.41) is 4.45. The summed E-state index contributed by atoms with van der Waals surface area (Å²) in [6, 6.07) is 11.8. The maximum absolute atomic E-state index is 12.3. The van der Waals surface area contributed by atoms with Gasteiger partial charge in [-0.15, -0.1) is 0 Å². The van der Waals surface area contributed by atoms with Gasteiger partial charge in [0.15, 0.2) is 5.69 Å². The number of para-hydroxylation sites is 1. The smallest absolute Gasteiger partial charge is 0.274 e. The van der Waals surface area contributed by atoms with E-state index in [2.05, 4.69) is 5.10 Å². The molecule has 1 saturated heterocycles. The van der Waals surface area contributed by atoms with Crippen LogP contribution in [0.1, 0.15) is 29.0 Å². The third-order valence-electron chi connectivity index (χ3n) is 3.50. The molecule has 0 radical (unpaired) electrons. The molecule has 1 amide bonds. The number of aromatic nitrogens is 2. The minimum Gasteiger partial charge on any atom is -0.337 e. The van der Waals surface area contributed by atoms with E-state index >= 15 is 0 Å². The minimum absolute atomic E-state index is 0.0512. The van der Waals surface area contributed by atoms with Crippen LogP contribution in [0.2, 0.25) is 0 Å². The van der Waals surface area contributed by atoms with Crippen LogP contribution >= 0.6 is 0 Å². The maximum Gasteiger partial charge on any atom is 0.274 e. The van der Waals surface area contributed by atoms with E-state index in [1.807, 2.05) is 52.9 Å². The molecule has 3 rings (SSSR count). The fourth-order valence-electron chi connectivity index (χ4n) is 2.49. The molecule has 1 aromatic carbocycles. The van der Waals surface area contributed by atoms with Gasteiger partial charge in [0.2, 0.25) is 0 Å². The van der Waals surface area contributed by atoms with Crippen molar-refractivity contribution in [1.82, 2.24) is 14.7 Å². The molecule has 0 bridgehead atoms. The van der Waals surface area contributed by atoms with Gasteiger partial charge in [-0.1, -0.05) is 18.2 Å². The average molecular weight is 255 g/mol. The molecule has 1 aliphatic heterocycles. The molecule has 0 aliphatic carbocycles. The van der Waals surface area contributed by atoms with Gasteiger partial charge in [0, 0.05) is 18.8 Å². The molecule has 0 N–H and O–H groups in total. The van der Waals surface area contributed by atoms with Crippen molar-refractivity contribution in [1.29, 1.82) is 0 Å². The summed E-state index contributed by atoms with van der Waals surface area (Å²) in [6.45, 7) is 3.69. The normalized spacial score (nSPS) is 14.9. The lowest BCUT2D eigenvalue weighted by Crippen LogP contribution is -2.28. The van der Waals surface area contributed by atoms with Crippen molar-refractivity contribution in [2.24, 2.45) is 0 Å². The number of rotatable bonds is 2. The fraction of sp³-hybridized carbons (Fsp3) is 0.333. The number of hydrogen-bond donors (Lipinski definition) is 0. The monoisotopic (exact) mass is 255 g/mol. The lowest BCUT2D eigenvalue weighted by molar-refractivity contribution is 0.0786. The van der Waals surface area contributed by atoms with Gasteiger partial charge in [-0.25, -0.2) is 4.68 Å². The van der Waals surface area contributed by atoms with E-state index in [0.29, 0.717) is 5.69 Å². The van der Waals surface area contributed by atoms with Crippen LogP contribution < -0.4 is 0 Å². The zero-order chi connectivity index (χ0) is 13.2. The molecule has 0 unspecified atom stereocenters. The summed E-state index contributed by atoms with van der Waals surface area (Å²) in [5.74, 6) is 0.0512. The molecule has 2 aromatic rings. The second-order valence-corrected chi connectivity index (χ2v) is 4.92. The Hall–Kier alpha value is -2.10. The van der Waals surface area contributed by atoms with Crippen LogP contribution in [0, 0.1) is 6.92 Å². The summed E-state index contributed by atoms with van der Waals surface area (Å²) in [7, 11) is 0. The summed E-state index contributed by atoms with van der Waals surface area (Å²) in [6.07, 6.45) is 2.20. The molecule has 1 aliphatic rings. The van der Waals surface area contributed by atoms with Crippen LogP contribution in [-0.2, 0) is 0 Å². The predicted molar refractivity (Wildman–Crippen MR) is 73.4 cm³/mol. The Morgan fingerprint density at radius 3 is 2.53 bits per heavy atom. The molecule has 0 atom stereocenters. The van der Waals surface area contributed by atoms with Crippen molar-refractivity contribution >= 4 is 5.91 Å². The van der Waals surface area contributed by atoms with E-state index in [1.54, 1.807) is 0 Å². The Morgan fingerprint density at radius 2 is 1.84 bits per heavy atom. The fourth-order valence-corrected chi connectivity index (χ4v) is 2.49. The van der Waals surface area contributed by atoms with E-state index in [0.717, 1.165) is 37.3 Å². The SMILES string of the molecule is Cc1cc(C(=O)N2CCCC2)nn1-c1ccccc1. The van der Waals surface area contributed by atoms with E-state index in [-0.39, 0.29) is 5.91 Å². The maximum atomic E-state index is 12.3. The zero-order valence-electron chi connectivity index (χ0n) is 11.0. The van der Waals surface area contributed by atoms with Gasteiger partial charge in [-0.3, -0.25) is 4.79 Å². The Bertz CT molecular complexity index is 583. The number of hydrogen-bond acceptors (Lipinski definition) is 2. The first-order chi connectivity index (χ1) is 9.25. The molecule has 1 aromatic heterocycles. The van der Waals surface area contributed by atoms with Crippen LogP contribution in [0.15, 0.2) is 36.4 Å². The highest BCUT2D eigenvalue weighted by Gasteiger charge is 2.22. The third kappa shape index (κ3) is 2.26. The third-order valence-corrected chi connectivity index (χ3v) is 3.50. The Morgan fingerprint density at radius 1 is 1.16 bits per heavy atom. The summed E-state index contributed by atoms with van der Waals surface area (Å²) >= 11 is 0. The van der Waals surface area contributed by atoms with Gasteiger partial charge < -0.3 is 4.90 Å². The van der Waals surface area contributed by atoms with Crippen LogP contribution in [0.3, 0.4) is 0 Å². The lowest BCUT2D eigenvalue weighted by atomic mass is 10.3. The number of amides is 1. The quantitative estimate of drug-likeness (QED) is 0.826. The molecule has 1 fully saturated rings. The molecule has 0 saturated carbocycles. The Balaban J connectivity index is 1.91. The van der Waals surface area contributed by atoms with Gasteiger partial charge >= 0.3 is 0 Å². The van der Waals surface area contributed by atoms with Crippen LogP contribution in [-0.4, -0.2) is 33.7 Å². The van der Waals surface area contributed by atoms with E-state index < -0.39 is 0 Å². The number of nitrogens with zero attached hydrogens (tertiary/aromatic N) is 3. The zero-order valence-corrected chi connectivity index (χ0v) is 11.0. The first kappa shape index (κ1) is 12.0. The summed E-state index contributed by atoms with van der Waals surface area (Å²) < 4.78 is 1.82. The van der Waals surface area contributed by atoms with Crippen LogP contribution in [0.4, 0.5) is 0 Å². The molecular weight excluding hydrogens is 238 g/mol. The van der Waals surface area contributed by atoms with E-state index in [9.17, 15) is 4.79 Å². The molecule has 98 valence electrons. The predicted octanol–water partition coefficient (Wildman–Crippen LogP) is 2.42. The largest absolute Gasteiger partial charge is 0.337 e. The molecule has 2 heterocycles. The van der Waals surface area contributed by atoms with Crippen molar-refractivity contribution in [3.8, 4) is 5.69 Å². The summed E-state index contributed by atoms with van der Waals surface area (Å²) in [4.78, 5) is 14.2. The number of carbonyl (C=O) groups is 1. The van der Waals surface area contributed by atoms with Gasteiger partial charge in [-0.05, 0) is 38.0 Å². The number of benzene rings is 1. The first-order valence-corrected chi connectivity index (χ1v) is 6.67. The number of likely N-dealkylation sites (tertiary alicyclic amines) is 1. The molecule has 4 nitrogen and oxygen atoms in total. The number of carbonyl (C=O) groups excluding carboxylic acids is 1. The molecule has 4 heteroatoms. The first-order valence-electron chi connectivity index (χ1n) is 6.67. The highest BCUT2D eigenvalue weighted by molar-refractivity contribution is 5.92. The average Bonchev–Trinajstić information content (AvgIpc) is 3.08. The highest BCUT2D eigenvalue weighted by atomic mass is 16.2. The van der Waals surface area contributed by atoms with Gasteiger partial charge in [-0.2, -0.15) is 5.10 Å². The Labute approximate surface area is 112 Å². The standard InChI is InChI=1S/C15H17N3O/c1-12-11-14(15(19)17-9-5-6-10-17)16-18(12)13-7-3-2-4-8-13/h2-4,7-8,11H,5-6,9-10H2,1H3. The number of aryl methyl sites for hydroxylation is 1. The highest BCUT2D eigenvalue weighted by Crippen LogP contribution is 2.15. The van der Waals surface area contributed by atoms with Gasteiger partial charge in [0.25, 0.3) is 5.91 Å². The molecule has 19 heavy (non-hydrogen) atoms. The van der Waals surface area contributed by atoms with Crippen molar-refractivity contribution < 1.29 is 4.79 Å². The van der Waals surface area contributed by atoms with Gasteiger partial charge in [0.1, 0.15) is 0 Å². The van der Waals surface area contributed by atoms with Crippen molar-refractivity contribution in [2.45, 2.75) is 19.8 Å². The Kier molecular flexibility index (Phi) is 3.07. The summed E-state index contributed by atoms with van der Waals surface area (Å²) in [5.41, 5.74) is 2.51. The van der Waals surface area contributed by atoms with E-state index in [1.165, 1.54) is 0 Å². The van der Waals surface area contributed by atoms with Crippen LogP contribution in [0.25, 0.3) is 5.69 Å². The van der Waals surface area contributed by atoms with E-state index in [4.69, 9.17) is 0 Å². The second kappa shape index (κ2) is 4.88. The van der Waals surface area contributed by atoms with Crippen molar-refractivity contribution in [3.63, 3.8) is 0 Å².